The number of nitrogens with one attached hydrogen (secondary N) is 1. The van der Waals surface area contributed by atoms with E-state index in [0.29, 0.717) is 17.0 Å². The first-order valence-electron chi connectivity index (χ1n) is 8.15. The minimum atomic E-state index is -0.566. The van der Waals surface area contributed by atoms with Crippen LogP contribution in [0.5, 0.6) is 11.5 Å². The maximum Gasteiger partial charge on any atom is 0.337 e. The van der Waals surface area contributed by atoms with E-state index in [0.717, 1.165) is 11.6 Å². The quantitative estimate of drug-likeness (QED) is 0.364. The Morgan fingerprint density at radius 3 is 2.61 bits per heavy atom. The number of fused-ring (bicyclic) bond motifs is 1. The topological polar surface area (TPSA) is 117 Å². The van der Waals surface area contributed by atoms with E-state index in [4.69, 9.17) is 9.47 Å². The molecule has 0 fully saturated rings. The molecule has 0 spiro atoms. The van der Waals surface area contributed by atoms with Crippen LogP contribution in [0.4, 0.5) is 11.4 Å². The van der Waals surface area contributed by atoms with Crippen LogP contribution in [0.1, 0.15) is 21.5 Å². The van der Waals surface area contributed by atoms with Gasteiger partial charge in [-0.05, 0) is 36.8 Å². The molecule has 0 aromatic heterocycles. The molecule has 3 rings (SSSR count). The molecule has 0 saturated carbocycles. The maximum absolute atomic E-state index is 12.3. The molecule has 1 N–H and O–H groups in total. The van der Waals surface area contributed by atoms with Crippen molar-refractivity contribution in [2.75, 3.05) is 19.2 Å². The minimum Gasteiger partial charge on any atom is -0.465 e. The van der Waals surface area contributed by atoms with Gasteiger partial charge in [0.25, 0.3) is 5.69 Å². The summed E-state index contributed by atoms with van der Waals surface area (Å²) >= 11 is 0. The third-order valence-electron chi connectivity index (χ3n) is 4.05. The van der Waals surface area contributed by atoms with Crippen LogP contribution in [0, 0.1) is 17.0 Å². The van der Waals surface area contributed by atoms with Crippen molar-refractivity contribution < 1.29 is 28.7 Å². The molecule has 0 radical (unpaired) electrons. The third-order valence-corrected chi connectivity index (χ3v) is 4.05. The molecule has 1 heterocycles. The first-order chi connectivity index (χ1) is 13.4. The van der Waals surface area contributed by atoms with Crippen molar-refractivity contribution in [1.82, 2.24) is 0 Å². The number of aryl methyl sites for hydroxylation is 1. The zero-order chi connectivity index (χ0) is 20.3. The van der Waals surface area contributed by atoms with Crippen LogP contribution in [-0.2, 0) is 9.53 Å². The summed E-state index contributed by atoms with van der Waals surface area (Å²) in [6.07, 6.45) is 2.48. The summed E-state index contributed by atoms with van der Waals surface area (Å²) in [5.74, 6) is -0.394. The molecule has 9 heteroatoms. The SMILES string of the molecule is COC(=O)c1ccc(C)c(NC(=O)/C=C/c2cc3c(cc2[N+](=O)[O-])OCO3)c1. The van der Waals surface area contributed by atoms with Crippen molar-refractivity contribution in [3.05, 3.63) is 63.2 Å². The minimum absolute atomic E-state index is 0.0179. The van der Waals surface area contributed by atoms with Gasteiger partial charge in [0.05, 0.1) is 29.2 Å². The van der Waals surface area contributed by atoms with Gasteiger partial charge < -0.3 is 19.5 Å². The number of benzene rings is 2. The first-order valence-corrected chi connectivity index (χ1v) is 8.15. The Morgan fingerprint density at radius 1 is 1.21 bits per heavy atom. The van der Waals surface area contributed by atoms with E-state index in [2.05, 4.69) is 10.1 Å². The average molecular weight is 384 g/mol. The van der Waals surface area contributed by atoms with Crippen LogP contribution in [0.15, 0.2) is 36.4 Å². The summed E-state index contributed by atoms with van der Waals surface area (Å²) in [6.45, 7) is 1.75. The second-order valence-corrected chi connectivity index (χ2v) is 5.87. The second kappa shape index (κ2) is 7.78. The van der Waals surface area contributed by atoms with Gasteiger partial charge >= 0.3 is 5.97 Å². The fourth-order valence-corrected chi connectivity index (χ4v) is 2.58. The second-order valence-electron chi connectivity index (χ2n) is 5.87. The number of nitro benzene ring substituents is 1. The summed E-state index contributed by atoms with van der Waals surface area (Å²) in [5, 5.41) is 13.9. The maximum atomic E-state index is 12.3. The molecule has 0 atom stereocenters. The van der Waals surface area contributed by atoms with Crippen LogP contribution in [0.3, 0.4) is 0 Å². The molecule has 9 nitrogen and oxygen atoms in total. The van der Waals surface area contributed by atoms with Crippen molar-refractivity contribution in [3.63, 3.8) is 0 Å². The molecule has 28 heavy (non-hydrogen) atoms. The van der Waals surface area contributed by atoms with E-state index in [1.807, 2.05) is 0 Å². The van der Waals surface area contributed by atoms with Gasteiger partial charge in [-0.1, -0.05) is 6.07 Å². The number of hydrogen-bond acceptors (Lipinski definition) is 7. The lowest BCUT2D eigenvalue weighted by Crippen LogP contribution is -2.10. The van der Waals surface area contributed by atoms with Gasteiger partial charge in [-0.2, -0.15) is 0 Å². The molecule has 1 amide bonds. The number of nitrogens with zero attached hydrogens (tertiary/aromatic N) is 1. The van der Waals surface area contributed by atoms with Crippen molar-refractivity contribution >= 4 is 29.3 Å². The number of hydrogen-bond donors (Lipinski definition) is 1. The zero-order valence-electron chi connectivity index (χ0n) is 15.1. The summed E-state index contributed by atoms with van der Waals surface area (Å²) in [4.78, 5) is 34.6. The Morgan fingerprint density at radius 2 is 1.93 bits per heavy atom. The highest BCUT2D eigenvalue weighted by molar-refractivity contribution is 6.03. The molecule has 0 bridgehead atoms. The number of esters is 1. The van der Waals surface area contributed by atoms with Crippen LogP contribution >= 0.6 is 0 Å². The number of methoxy groups -OCH3 is 1. The number of rotatable bonds is 5. The predicted molar refractivity (Wildman–Crippen MR) is 99.4 cm³/mol. The van der Waals surface area contributed by atoms with Crippen molar-refractivity contribution in [1.29, 1.82) is 0 Å². The van der Waals surface area contributed by atoms with E-state index in [1.165, 1.54) is 31.4 Å². The summed E-state index contributed by atoms with van der Waals surface area (Å²) in [7, 11) is 1.27. The van der Waals surface area contributed by atoms with Crippen LogP contribution in [0.2, 0.25) is 0 Å². The van der Waals surface area contributed by atoms with Gasteiger partial charge in [0, 0.05) is 11.8 Å². The number of carbonyl (C=O) groups excluding carboxylic acids is 2. The highest BCUT2D eigenvalue weighted by Crippen LogP contribution is 2.38. The Kier molecular flexibility index (Phi) is 5.25. The average Bonchev–Trinajstić information content (AvgIpc) is 3.14. The van der Waals surface area contributed by atoms with E-state index < -0.39 is 16.8 Å². The smallest absolute Gasteiger partial charge is 0.337 e. The van der Waals surface area contributed by atoms with Gasteiger partial charge in [0.2, 0.25) is 12.7 Å². The predicted octanol–water partition coefficient (Wildman–Crippen LogP) is 3.07. The van der Waals surface area contributed by atoms with Gasteiger partial charge in [-0.25, -0.2) is 4.79 Å². The molecule has 0 aliphatic carbocycles. The van der Waals surface area contributed by atoms with Gasteiger partial charge in [0.15, 0.2) is 11.5 Å². The Bertz CT molecular complexity index is 998. The van der Waals surface area contributed by atoms with Gasteiger partial charge in [-0.3, -0.25) is 14.9 Å². The fourth-order valence-electron chi connectivity index (χ4n) is 2.58. The summed E-state index contributed by atoms with van der Waals surface area (Å²) < 4.78 is 15.0. The normalized spacial score (nSPS) is 12.1. The summed E-state index contributed by atoms with van der Waals surface area (Å²) in [6, 6.07) is 7.45. The van der Waals surface area contributed by atoms with Crippen molar-refractivity contribution in [2.24, 2.45) is 0 Å². The number of nitro groups is 1. The van der Waals surface area contributed by atoms with Crippen molar-refractivity contribution in [3.8, 4) is 11.5 Å². The zero-order valence-corrected chi connectivity index (χ0v) is 15.1. The fraction of sp³-hybridized carbons (Fsp3) is 0.158. The Labute approximate surface area is 159 Å². The van der Waals surface area contributed by atoms with Crippen LogP contribution in [-0.4, -0.2) is 30.7 Å². The number of ether oxygens (including phenoxy) is 3. The lowest BCUT2D eigenvalue weighted by Gasteiger charge is -2.08. The molecule has 1 aliphatic rings. The molecule has 2 aromatic rings. The molecule has 0 saturated heterocycles. The summed E-state index contributed by atoms with van der Waals surface area (Å²) in [5.41, 5.74) is 1.45. The Balaban J connectivity index is 1.82. The highest BCUT2D eigenvalue weighted by atomic mass is 16.7. The standard InChI is InChI=1S/C19H16N2O7/c1-11-3-4-13(19(23)26-2)7-14(11)20-18(22)6-5-12-8-16-17(28-10-27-16)9-15(12)21(24)25/h3-9H,10H2,1-2H3,(H,20,22)/b6-5+. The van der Waals surface area contributed by atoms with Crippen LogP contribution < -0.4 is 14.8 Å². The van der Waals surface area contributed by atoms with E-state index in [9.17, 15) is 19.7 Å². The molecule has 2 aromatic carbocycles. The van der Waals surface area contributed by atoms with Gasteiger partial charge in [0.1, 0.15) is 0 Å². The molecule has 144 valence electrons. The number of anilines is 1. The molecular weight excluding hydrogens is 368 g/mol. The van der Waals surface area contributed by atoms with E-state index in [1.54, 1.807) is 19.1 Å². The van der Waals surface area contributed by atoms with E-state index in [-0.39, 0.29) is 23.8 Å². The highest BCUT2D eigenvalue weighted by Gasteiger charge is 2.22. The Hall–Kier alpha value is -3.88. The van der Waals surface area contributed by atoms with Crippen LogP contribution in [0.25, 0.3) is 6.08 Å². The monoisotopic (exact) mass is 384 g/mol. The van der Waals surface area contributed by atoms with E-state index >= 15 is 0 Å². The van der Waals surface area contributed by atoms with Crippen molar-refractivity contribution in [2.45, 2.75) is 6.92 Å². The largest absolute Gasteiger partial charge is 0.465 e. The molecule has 0 unspecified atom stereocenters. The molecule has 1 aliphatic heterocycles. The molecular formula is C19H16N2O7. The number of amides is 1. The lowest BCUT2D eigenvalue weighted by atomic mass is 10.1. The third kappa shape index (κ3) is 3.93. The van der Waals surface area contributed by atoms with Gasteiger partial charge in [-0.15, -0.1) is 0 Å². The first kappa shape index (κ1) is 18.9. The number of carbonyl (C=O) groups is 2. The lowest BCUT2D eigenvalue weighted by molar-refractivity contribution is -0.385.